The number of halogens is 2. The molecule has 1 nitrogen and oxygen atoms in total. The zero-order chi connectivity index (χ0) is 13.7. The Morgan fingerprint density at radius 2 is 2.32 bits per heavy atom. The molecule has 1 aliphatic heterocycles. The van der Waals surface area contributed by atoms with Gasteiger partial charge in [0.25, 0.3) is 0 Å². The van der Waals surface area contributed by atoms with Crippen molar-refractivity contribution >= 4 is 39.5 Å². The summed E-state index contributed by atoms with van der Waals surface area (Å²) in [5, 5.41) is 4.24. The first-order chi connectivity index (χ1) is 9.20. The second-order valence-corrected chi connectivity index (χ2v) is 7.94. The lowest BCUT2D eigenvalue weighted by Gasteiger charge is -2.30. The van der Waals surface area contributed by atoms with E-state index in [1.54, 1.807) is 12.1 Å². The van der Waals surface area contributed by atoms with Crippen LogP contribution in [0.5, 0.6) is 0 Å². The van der Waals surface area contributed by atoms with E-state index >= 15 is 0 Å². The highest BCUT2D eigenvalue weighted by molar-refractivity contribution is 9.10. The third-order valence-corrected chi connectivity index (χ3v) is 6.87. The smallest absolute Gasteiger partial charge is 0.124 e. The second-order valence-electron chi connectivity index (χ2n) is 4.59. The molecule has 1 aliphatic rings. The lowest BCUT2D eigenvalue weighted by molar-refractivity contribution is 0.521. The van der Waals surface area contributed by atoms with E-state index in [9.17, 15) is 4.39 Å². The molecule has 1 saturated heterocycles. The largest absolute Gasteiger partial charge is 0.313 e. The average molecular weight is 364 g/mol. The predicted octanol–water partition coefficient (Wildman–Crippen LogP) is 3.96. The van der Waals surface area contributed by atoms with E-state index in [-0.39, 0.29) is 5.82 Å². The lowest BCUT2D eigenvalue weighted by atomic mass is 10.0. The van der Waals surface area contributed by atoms with Crippen molar-refractivity contribution in [2.45, 2.75) is 24.6 Å². The molecule has 2 unspecified atom stereocenters. The van der Waals surface area contributed by atoms with Gasteiger partial charge >= 0.3 is 0 Å². The summed E-state index contributed by atoms with van der Waals surface area (Å²) in [6, 6.07) is 5.46. The van der Waals surface area contributed by atoms with Crippen LogP contribution in [0.25, 0.3) is 0 Å². The zero-order valence-corrected chi connectivity index (χ0v) is 14.2. The molecule has 1 aromatic carbocycles. The van der Waals surface area contributed by atoms with Gasteiger partial charge in [-0.15, -0.1) is 0 Å². The van der Waals surface area contributed by atoms with E-state index in [1.165, 1.54) is 22.8 Å². The molecule has 1 fully saturated rings. The molecule has 19 heavy (non-hydrogen) atoms. The van der Waals surface area contributed by atoms with E-state index in [1.807, 2.05) is 17.8 Å². The minimum atomic E-state index is -0.182. The molecule has 5 heteroatoms. The molecule has 0 radical (unpaired) electrons. The molecular weight excluding hydrogens is 345 g/mol. The van der Waals surface area contributed by atoms with Crippen LogP contribution in [0.1, 0.15) is 12.5 Å². The van der Waals surface area contributed by atoms with Crippen molar-refractivity contribution in [3.63, 3.8) is 0 Å². The van der Waals surface area contributed by atoms with Gasteiger partial charge in [0.05, 0.1) is 0 Å². The van der Waals surface area contributed by atoms with Gasteiger partial charge < -0.3 is 5.32 Å². The summed E-state index contributed by atoms with van der Waals surface area (Å²) in [6.45, 7) is 3.12. The van der Waals surface area contributed by atoms with E-state index in [2.05, 4.69) is 39.9 Å². The number of rotatable bonds is 5. The van der Waals surface area contributed by atoms with Gasteiger partial charge in [0.1, 0.15) is 5.82 Å². The van der Waals surface area contributed by atoms with Crippen LogP contribution in [0.2, 0.25) is 0 Å². The Kier molecular flexibility index (Phi) is 6.53. The molecule has 106 valence electrons. The maximum Gasteiger partial charge on any atom is 0.124 e. The number of nitrogens with one attached hydrogen (secondary N) is 1. The van der Waals surface area contributed by atoms with Crippen LogP contribution >= 0.6 is 39.5 Å². The second kappa shape index (κ2) is 7.91. The van der Waals surface area contributed by atoms with Crippen molar-refractivity contribution in [3.05, 3.63) is 34.1 Å². The van der Waals surface area contributed by atoms with E-state index in [4.69, 9.17) is 0 Å². The van der Waals surface area contributed by atoms with Crippen LogP contribution in [-0.4, -0.2) is 35.1 Å². The van der Waals surface area contributed by atoms with Crippen LogP contribution in [0.4, 0.5) is 4.39 Å². The van der Waals surface area contributed by atoms with Crippen LogP contribution < -0.4 is 5.32 Å². The number of thioether (sulfide) groups is 2. The quantitative estimate of drug-likeness (QED) is 0.850. The standard InChI is InChI=1S/C14H19BrFNS2/c1-2-17-13(14-9-18-5-6-19-14)7-10-3-4-11(16)8-12(10)15/h3-4,8,13-14,17H,2,5-7,9H2,1H3. The van der Waals surface area contributed by atoms with Crippen LogP contribution in [-0.2, 0) is 6.42 Å². The minimum absolute atomic E-state index is 0.182. The van der Waals surface area contributed by atoms with Crippen molar-refractivity contribution in [1.82, 2.24) is 5.32 Å². The molecule has 2 atom stereocenters. The highest BCUT2D eigenvalue weighted by Crippen LogP contribution is 2.29. The summed E-state index contributed by atoms with van der Waals surface area (Å²) in [5.41, 5.74) is 1.18. The fourth-order valence-corrected chi connectivity index (χ4v) is 5.66. The maximum absolute atomic E-state index is 13.1. The first-order valence-corrected chi connectivity index (χ1v) is 9.57. The van der Waals surface area contributed by atoms with Gasteiger partial charge in [-0.05, 0) is 30.7 Å². The molecule has 1 heterocycles. The maximum atomic E-state index is 13.1. The fourth-order valence-electron chi connectivity index (χ4n) is 2.26. The summed E-state index contributed by atoms with van der Waals surface area (Å²) in [4.78, 5) is 0. The Bertz CT molecular complexity index is 410. The van der Waals surface area contributed by atoms with Gasteiger partial charge in [0.2, 0.25) is 0 Å². The van der Waals surface area contributed by atoms with Gasteiger partial charge in [-0.1, -0.05) is 28.9 Å². The Labute approximate surface area is 131 Å². The van der Waals surface area contributed by atoms with Gasteiger partial charge in [0.15, 0.2) is 0 Å². The zero-order valence-electron chi connectivity index (χ0n) is 11.0. The summed E-state index contributed by atoms with van der Waals surface area (Å²) in [5.74, 6) is 3.53. The van der Waals surface area contributed by atoms with Crippen LogP contribution in [0.3, 0.4) is 0 Å². The SMILES string of the molecule is CCNC(Cc1ccc(F)cc1Br)C1CSCCS1. The Morgan fingerprint density at radius 1 is 1.47 bits per heavy atom. The average Bonchev–Trinajstić information content (AvgIpc) is 2.42. The minimum Gasteiger partial charge on any atom is -0.313 e. The molecule has 0 bridgehead atoms. The lowest BCUT2D eigenvalue weighted by Crippen LogP contribution is -2.42. The van der Waals surface area contributed by atoms with Crippen LogP contribution in [0, 0.1) is 5.82 Å². The molecule has 0 saturated carbocycles. The van der Waals surface area contributed by atoms with Gasteiger partial charge in [-0.3, -0.25) is 0 Å². The molecule has 0 spiro atoms. The van der Waals surface area contributed by atoms with Crippen LogP contribution in [0.15, 0.2) is 22.7 Å². The van der Waals surface area contributed by atoms with E-state index in [0.29, 0.717) is 11.3 Å². The molecule has 0 aromatic heterocycles. The Hall–Kier alpha value is 0.290. The highest BCUT2D eigenvalue weighted by atomic mass is 79.9. The molecule has 0 aliphatic carbocycles. The molecule has 1 N–H and O–H groups in total. The van der Waals surface area contributed by atoms with Crippen molar-refractivity contribution in [2.75, 3.05) is 23.8 Å². The topological polar surface area (TPSA) is 12.0 Å². The normalized spacial score (nSPS) is 21.3. The molecular formula is C14H19BrFNS2. The van der Waals surface area contributed by atoms with Gasteiger partial charge in [-0.2, -0.15) is 23.5 Å². The fraction of sp³-hybridized carbons (Fsp3) is 0.571. The van der Waals surface area contributed by atoms with E-state index in [0.717, 1.165) is 17.4 Å². The van der Waals surface area contributed by atoms with Crippen molar-refractivity contribution in [3.8, 4) is 0 Å². The number of hydrogen-bond acceptors (Lipinski definition) is 3. The van der Waals surface area contributed by atoms with Crippen molar-refractivity contribution in [2.24, 2.45) is 0 Å². The summed E-state index contributed by atoms with van der Waals surface area (Å²) in [7, 11) is 0. The number of hydrogen-bond donors (Lipinski definition) is 1. The van der Waals surface area contributed by atoms with Crippen molar-refractivity contribution in [1.29, 1.82) is 0 Å². The Balaban J connectivity index is 2.06. The van der Waals surface area contributed by atoms with E-state index < -0.39 is 0 Å². The van der Waals surface area contributed by atoms with Gasteiger partial charge in [0, 0.05) is 33.0 Å². The molecule has 1 aromatic rings. The highest BCUT2D eigenvalue weighted by Gasteiger charge is 2.24. The molecule has 2 rings (SSSR count). The number of benzene rings is 1. The predicted molar refractivity (Wildman–Crippen MR) is 88.8 cm³/mol. The number of likely N-dealkylation sites (N-methyl/N-ethyl adjacent to an activating group) is 1. The third kappa shape index (κ3) is 4.66. The van der Waals surface area contributed by atoms with Crippen molar-refractivity contribution < 1.29 is 4.39 Å². The summed E-state index contributed by atoms with van der Waals surface area (Å²) in [6.07, 6.45) is 0.951. The Morgan fingerprint density at radius 3 is 2.95 bits per heavy atom. The van der Waals surface area contributed by atoms with Gasteiger partial charge in [-0.25, -0.2) is 4.39 Å². The summed E-state index contributed by atoms with van der Waals surface area (Å²) >= 11 is 7.58. The first kappa shape index (κ1) is 15.7. The summed E-state index contributed by atoms with van der Waals surface area (Å²) < 4.78 is 14.0. The molecule has 0 amide bonds. The first-order valence-electron chi connectivity index (χ1n) is 6.57. The monoisotopic (exact) mass is 363 g/mol. The third-order valence-electron chi connectivity index (χ3n) is 3.21.